The molecule has 10 nitrogen and oxygen atoms in total. The highest BCUT2D eigenvalue weighted by Gasteiger charge is 2.60. The van der Waals surface area contributed by atoms with E-state index in [1.54, 1.807) is 19.2 Å². The van der Waals surface area contributed by atoms with Crippen LogP contribution in [0.3, 0.4) is 0 Å². The second kappa shape index (κ2) is 13.3. The summed E-state index contributed by atoms with van der Waals surface area (Å²) in [5.41, 5.74) is 0.528. The highest BCUT2D eigenvalue weighted by atomic mass is 32.2. The van der Waals surface area contributed by atoms with Crippen molar-refractivity contribution in [2.45, 2.75) is 71.4 Å². The average molecular weight is 550 g/mol. The zero-order valence-corrected chi connectivity index (χ0v) is 23.8. The predicted octanol–water partition coefficient (Wildman–Crippen LogP) is 3.02. The first-order valence-corrected chi connectivity index (χ1v) is 13.9. The number of likely N-dealkylation sites (N-methyl/N-ethyl adjacent to an activating group) is 1. The Balaban J connectivity index is 0.00000121. The molecule has 38 heavy (non-hydrogen) atoms. The minimum atomic E-state index is -1.18. The van der Waals surface area contributed by atoms with Gasteiger partial charge < -0.3 is 30.4 Å². The molecule has 0 saturated carbocycles. The van der Waals surface area contributed by atoms with Gasteiger partial charge in [0, 0.05) is 35.4 Å². The zero-order chi connectivity index (χ0) is 28.9. The van der Waals surface area contributed by atoms with Gasteiger partial charge in [0.05, 0.1) is 29.7 Å². The van der Waals surface area contributed by atoms with Gasteiger partial charge in [0.15, 0.2) is 0 Å². The number of hydrogen-bond donors (Lipinski definition) is 4. The van der Waals surface area contributed by atoms with E-state index < -0.39 is 30.0 Å². The van der Waals surface area contributed by atoms with Gasteiger partial charge in [0.1, 0.15) is 5.70 Å². The van der Waals surface area contributed by atoms with Crippen LogP contribution in [-0.2, 0) is 14.4 Å². The first kappa shape index (κ1) is 31.3. The molecule has 3 heterocycles. The third-order valence-electron chi connectivity index (χ3n) is 6.80. The Kier molecular flexibility index (Phi) is 10.9. The summed E-state index contributed by atoms with van der Waals surface area (Å²) in [5.74, 6) is -3.69. The maximum Gasteiger partial charge on any atom is 0.353 e. The highest BCUT2D eigenvalue weighted by molar-refractivity contribution is 8.03. The first-order valence-electron chi connectivity index (χ1n) is 13.0. The molecule has 210 valence electrons. The van der Waals surface area contributed by atoms with Gasteiger partial charge in [-0.25, -0.2) is 9.59 Å². The molecule has 4 rings (SSSR count). The molecule has 0 aromatic heterocycles. The van der Waals surface area contributed by atoms with Crippen LogP contribution in [0.15, 0.2) is 34.9 Å². The van der Waals surface area contributed by atoms with Gasteiger partial charge >= 0.3 is 11.9 Å². The second-order valence-electron chi connectivity index (χ2n) is 8.96. The molecule has 0 spiro atoms. The van der Waals surface area contributed by atoms with E-state index in [-0.39, 0.29) is 40.3 Å². The van der Waals surface area contributed by atoms with Crippen LogP contribution >= 0.6 is 11.8 Å². The number of carbonyl (C=O) groups excluding carboxylic acids is 2. The molecule has 0 bridgehead atoms. The number of fused-ring (bicyclic) bond motifs is 1. The van der Waals surface area contributed by atoms with Gasteiger partial charge in [-0.2, -0.15) is 0 Å². The number of benzene rings is 1. The monoisotopic (exact) mass is 549 g/mol. The molecule has 1 aromatic rings. The van der Waals surface area contributed by atoms with Crippen LogP contribution in [0, 0.1) is 11.8 Å². The van der Waals surface area contributed by atoms with Crippen LogP contribution in [0.4, 0.5) is 5.69 Å². The number of nitrogens with zero attached hydrogens (tertiary/aromatic N) is 2. The van der Waals surface area contributed by atoms with Gasteiger partial charge in [-0.1, -0.05) is 40.7 Å². The van der Waals surface area contributed by atoms with Crippen molar-refractivity contribution >= 4 is 41.2 Å². The smallest absolute Gasteiger partial charge is 0.353 e. The van der Waals surface area contributed by atoms with Gasteiger partial charge in [-0.15, -0.1) is 11.8 Å². The summed E-state index contributed by atoms with van der Waals surface area (Å²) in [6.07, 6.45) is -0.408. The number of carbonyl (C=O) groups is 4. The number of hydrogen-bond acceptors (Lipinski definition) is 7. The fourth-order valence-electron chi connectivity index (χ4n) is 5.05. The Morgan fingerprint density at radius 3 is 2.32 bits per heavy atom. The number of nitrogens with one attached hydrogen (secondary N) is 1. The molecule has 0 aliphatic carbocycles. The Labute approximate surface area is 228 Å². The van der Waals surface area contributed by atoms with E-state index in [4.69, 9.17) is 0 Å². The summed E-state index contributed by atoms with van der Waals surface area (Å²) in [4.78, 5) is 52.1. The molecule has 11 heteroatoms. The normalized spacial score (nSPS) is 26.3. The lowest BCUT2D eigenvalue weighted by Gasteiger charge is -2.46. The molecule has 2 saturated heterocycles. The summed E-state index contributed by atoms with van der Waals surface area (Å²) in [5, 5.41) is 32.1. The Morgan fingerprint density at radius 2 is 1.76 bits per heavy atom. The summed E-state index contributed by atoms with van der Waals surface area (Å²) in [6.45, 7) is 11.9. The van der Waals surface area contributed by atoms with E-state index >= 15 is 0 Å². The second-order valence-corrected chi connectivity index (χ2v) is 10.3. The lowest BCUT2D eigenvalue weighted by Crippen LogP contribution is -2.63. The average Bonchev–Trinajstić information content (AvgIpc) is 3.47. The number of β-lactam (4-membered cyclic amide) rings is 1. The van der Waals surface area contributed by atoms with E-state index in [2.05, 4.69) is 5.32 Å². The Morgan fingerprint density at radius 1 is 1.13 bits per heavy atom. The quantitative estimate of drug-likeness (QED) is 0.377. The summed E-state index contributed by atoms with van der Waals surface area (Å²) in [6, 6.07) is 5.25. The SMILES string of the molecule is CC.CC.CC(O)C1C(=O)N2C(C(=O)O)=C(SC3CNC(C(=O)N(C)c4cccc(C(=O)O)c4)C3)C(C)C12. The van der Waals surface area contributed by atoms with Crippen LogP contribution in [0.1, 0.15) is 58.3 Å². The van der Waals surface area contributed by atoms with Gasteiger partial charge in [-0.3, -0.25) is 9.59 Å². The third kappa shape index (κ3) is 5.89. The summed E-state index contributed by atoms with van der Waals surface area (Å²) in [7, 11) is 1.59. The molecule has 6 atom stereocenters. The standard InChI is InChI=1S/C23H27N3O7S.2C2H6/c1-10-17-16(11(2)27)21(29)26(17)18(23(32)33)19(10)34-14-8-15(24-9-14)20(28)25(3)13-6-4-5-12(7-13)22(30)31;2*1-2/h4-7,10-11,14-17,24,27H,8-9H2,1-3H3,(H,30,31)(H,32,33);2*1-2H3. The summed E-state index contributed by atoms with van der Waals surface area (Å²) < 4.78 is 0. The molecule has 4 N–H and O–H groups in total. The van der Waals surface area contributed by atoms with Gasteiger partial charge in [0.2, 0.25) is 11.8 Å². The number of aliphatic hydroxyl groups excluding tert-OH is 1. The number of aliphatic hydroxyl groups is 1. The van der Waals surface area contributed by atoms with Crippen LogP contribution < -0.4 is 10.2 Å². The molecule has 2 amide bonds. The van der Waals surface area contributed by atoms with Crippen molar-refractivity contribution in [1.29, 1.82) is 0 Å². The van der Waals surface area contributed by atoms with E-state index in [0.29, 0.717) is 23.6 Å². The molecular weight excluding hydrogens is 510 g/mol. The number of rotatable bonds is 7. The molecule has 3 aliphatic heterocycles. The van der Waals surface area contributed by atoms with E-state index in [0.717, 1.165) is 0 Å². The minimum Gasteiger partial charge on any atom is -0.478 e. The van der Waals surface area contributed by atoms with Crippen molar-refractivity contribution < 1.29 is 34.5 Å². The molecule has 3 aliphatic rings. The topological polar surface area (TPSA) is 147 Å². The largest absolute Gasteiger partial charge is 0.478 e. The fourth-order valence-corrected chi connectivity index (χ4v) is 6.53. The number of carboxylic acids is 2. The predicted molar refractivity (Wildman–Crippen MR) is 147 cm³/mol. The molecular formula is C27H39N3O7S. The third-order valence-corrected chi connectivity index (χ3v) is 8.32. The number of aromatic carboxylic acids is 1. The lowest BCUT2D eigenvalue weighted by molar-refractivity contribution is -0.163. The van der Waals surface area contributed by atoms with Crippen LogP contribution in [-0.4, -0.2) is 81.0 Å². The highest BCUT2D eigenvalue weighted by Crippen LogP contribution is 2.51. The molecule has 1 aromatic carbocycles. The van der Waals surface area contributed by atoms with Crippen molar-refractivity contribution in [2.75, 3.05) is 18.5 Å². The van der Waals surface area contributed by atoms with Crippen molar-refractivity contribution in [1.82, 2.24) is 10.2 Å². The molecule has 2 fully saturated rings. The zero-order valence-electron chi connectivity index (χ0n) is 23.0. The maximum atomic E-state index is 13.0. The Bertz CT molecular complexity index is 1090. The summed E-state index contributed by atoms with van der Waals surface area (Å²) >= 11 is 1.37. The van der Waals surface area contributed by atoms with E-state index in [1.165, 1.54) is 40.6 Å². The van der Waals surface area contributed by atoms with Crippen molar-refractivity contribution in [3.05, 3.63) is 40.4 Å². The maximum absolute atomic E-state index is 13.0. The van der Waals surface area contributed by atoms with E-state index in [9.17, 15) is 34.5 Å². The number of thioether (sulfide) groups is 1. The first-order chi connectivity index (χ1) is 18.0. The number of amides is 2. The minimum absolute atomic E-state index is 0.0261. The lowest BCUT2D eigenvalue weighted by atomic mass is 9.79. The van der Waals surface area contributed by atoms with Crippen LogP contribution in [0.25, 0.3) is 0 Å². The van der Waals surface area contributed by atoms with Gasteiger partial charge in [0.25, 0.3) is 0 Å². The Hall–Kier alpha value is -2.89. The van der Waals surface area contributed by atoms with Crippen LogP contribution in [0.5, 0.6) is 0 Å². The van der Waals surface area contributed by atoms with Crippen molar-refractivity contribution in [3.63, 3.8) is 0 Å². The van der Waals surface area contributed by atoms with Crippen molar-refractivity contribution in [2.24, 2.45) is 11.8 Å². The number of aliphatic carboxylic acids is 1. The van der Waals surface area contributed by atoms with Crippen LogP contribution in [0.2, 0.25) is 0 Å². The number of anilines is 1. The van der Waals surface area contributed by atoms with Crippen molar-refractivity contribution in [3.8, 4) is 0 Å². The fraction of sp³-hybridized carbons (Fsp3) is 0.556. The van der Waals surface area contributed by atoms with Gasteiger partial charge in [-0.05, 0) is 31.5 Å². The number of carboxylic acid groups (broad SMARTS) is 2. The molecule has 0 radical (unpaired) electrons. The molecule has 6 unspecified atom stereocenters. The van der Waals surface area contributed by atoms with E-state index in [1.807, 2.05) is 34.6 Å².